The summed E-state index contributed by atoms with van der Waals surface area (Å²) in [6, 6.07) is 22.4. The first-order valence-corrected chi connectivity index (χ1v) is 12.1. The highest BCUT2D eigenvalue weighted by atomic mass is 35.5. The predicted molar refractivity (Wildman–Crippen MR) is 141 cm³/mol. The van der Waals surface area contributed by atoms with Crippen LogP contribution in [0.5, 0.6) is 5.75 Å². The van der Waals surface area contributed by atoms with Gasteiger partial charge in [0, 0.05) is 48.1 Å². The van der Waals surface area contributed by atoms with Gasteiger partial charge >= 0.3 is 0 Å². The summed E-state index contributed by atoms with van der Waals surface area (Å²) in [6.45, 7) is 8.31. The smallest absolute Gasteiger partial charge is 0.267 e. The number of rotatable bonds is 6. The Morgan fingerprint density at radius 2 is 1.46 bits per heavy atom. The summed E-state index contributed by atoms with van der Waals surface area (Å²) in [6.07, 6.45) is 0. The Morgan fingerprint density at radius 1 is 0.857 bits per heavy atom. The van der Waals surface area contributed by atoms with Crippen LogP contribution in [-0.4, -0.2) is 48.5 Å². The van der Waals surface area contributed by atoms with Gasteiger partial charge in [-0.25, -0.2) is 0 Å². The maximum atomic E-state index is 12.8. The first kappa shape index (κ1) is 24.6. The summed E-state index contributed by atoms with van der Waals surface area (Å²) in [5.41, 5.74) is 2.56. The summed E-state index contributed by atoms with van der Waals surface area (Å²) in [7, 11) is 0. The molecular weight excluding hydrogens is 462 g/mol. The van der Waals surface area contributed by atoms with Gasteiger partial charge in [-0.15, -0.1) is 0 Å². The third-order valence-corrected chi connectivity index (χ3v) is 6.34. The van der Waals surface area contributed by atoms with Crippen molar-refractivity contribution in [2.24, 2.45) is 0 Å². The van der Waals surface area contributed by atoms with Crippen LogP contribution in [0.3, 0.4) is 0 Å². The molecule has 1 heterocycles. The maximum Gasteiger partial charge on any atom is 0.267 e. The molecule has 6 nitrogen and oxygen atoms in total. The van der Waals surface area contributed by atoms with Gasteiger partial charge in [-0.1, -0.05) is 29.3 Å². The number of nitrogens with zero attached hydrogens (tertiary/aromatic N) is 2. The molecule has 1 saturated heterocycles. The molecule has 1 N–H and O–H groups in total. The number of amides is 2. The summed E-state index contributed by atoms with van der Waals surface area (Å²) in [5.74, 6) is 0.402. The Labute approximate surface area is 211 Å². The van der Waals surface area contributed by atoms with E-state index in [2.05, 4.69) is 10.2 Å². The zero-order chi connectivity index (χ0) is 25.0. The number of anilines is 2. The van der Waals surface area contributed by atoms with E-state index in [9.17, 15) is 9.59 Å². The van der Waals surface area contributed by atoms with E-state index in [1.165, 1.54) is 0 Å². The Bertz CT molecular complexity index is 1170. The van der Waals surface area contributed by atoms with Gasteiger partial charge in [-0.05, 0) is 81.4 Å². The van der Waals surface area contributed by atoms with Crippen LogP contribution < -0.4 is 15.0 Å². The van der Waals surface area contributed by atoms with Crippen LogP contribution in [0, 0.1) is 6.92 Å². The topological polar surface area (TPSA) is 61.9 Å². The number of benzene rings is 3. The van der Waals surface area contributed by atoms with Crippen LogP contribution in [0.25, 0.3) is 0 Å². The zero-order valence-corrected chi connectivity index (χ0v) is 21.0. The van der Waals surface area contributed by atoms with E-state index in [-0.39, 0.29) is 11.8 Å². The van der Waals surface area contributed by atoms with Crippen molar-refractivity contribution in [2.45, 2.75) is 26.4 Å². The van der Waals surface area contributed by atoms with Crippen LogP contribution in [0.1, 0.15) is 29.8 Å². The molecule has 0 aliphatic carbocycles. The van der Waals surface area contributed by atoms with Gasteiger partial charge in [0.1, 0.15) is 5.75 Å². The second-order valence-corrected chi connectivity index (χ2v) is 9.65. The largest absolute Gasteiger partial charge is 0.478 e. The molecule has 0 atom stereocenters. The van der Waals surface area contributed by atoms with Crippen molar-refractivity contribution in [3.8, 4) is 5.75 Å². The molecule has 2 amide bonds. The number of piperazine rings is 1. The van der Waals surface area contributed by atoms with Gasteiger partial charge in [-0.2, -0.15) is 0 Å². The van der Waals surface area contributed by atoms with E-state index >= 15 is 0 Å². The number of ether oxygens (including phenoxy) is 1. The summed E-state index contributed by atoms with van der Waals surface area (Å²) in [4.78, 5) is 29.7. The van der Waals surface area contributed by atoms with Gasteiger partial charge in [0.05, 0.1) is 0 Å². The fourth-order valence-corrected chi connectivity index (χ4v) is 4.05. The predicted octanol–water partition coefficient (Wildman–Crippen LogP) is 5.41. The van der Waals surface area contributed by atoms with E-state index in [1.807, 2.05) is 60.4 Å². The first-order chi connectivity index (χ1) is 16.7. The van der Waals surface area contributed by atoms with E-state index in [0.29, 0.717) is 29.5 Å². The van der Waals surface area contributed by atoms with Crippen LogP contribution >= 0.6 is 11.6 Å². The molecule has 0 bridgehead atoms. The molecule has 1 aliphatic rings. The molecule has 0 saturated carbocycles. The summed E-state index contributed by atoms with van der Waals surface area (Å²) in [5, 5.41) is 3.54. The molecule has 182 valence electrons. The van der Waals surface area contributed by atoms with Crippen molar-refractivity contribution in [1.29, 1.82) is 0 Å². The minimum atomic E-state index is -1.06. The quantitative estimate of drug-likeness (QED) is 0.501. The van der Waals surface area contributed by atoms with Gasteiger partial charge in [0.2, 0.25) is 0 Å². The minimum absolute atomic E-state index is 0.0751. The van der Waals surface area contributed by atoms with Crippen molar-refractivity contribution in [2.75, 3.05) is 36.4 Å². The minimum Gasteiger partial charge on any atom is -0.478 e. The van der Waals surface area contributed by atoms with Crippen molar-refractivity contribution in [1.82, 2.24) is 4.90 Å². The second-order valence-electron chi connectivity index (χ2n) is 9.21. The third kappa shape index (κ3) is 6.14. The lowest BCUT2D eigenvalue weighted by Crippen LogP contribution is -2.48. The average Bonchev–Trinajstić information content (AvgIpc) is 2.86. The number of nitrogens with one attached hydrogen (secondary N) is 1. The van der Waals surface area contributed by atoms with Gasteiger partial charge in [-0.3, -0.25) is 9.59 Å². The molecule has 3 aromatic carbocycles. The molecule has 4 rings (SSSR count). The van der Waals surface area contributed by atoms with Crippen LogP contribution in [0.15, 0.2) is 72.8 Å². The average molecular weight is 492 g/mol. The fraction of sp³-hybridized carbons (Fsp3) is 0.286. The van der Waals surface area contributed by atoms with Crippen LogP contribution in [0.4, 0.5) is 11.4 Å². The number of aryl methyl sites for hydroxylation is 1. The monoisotopic (exact) mass is 491 g/mol. The van der Waals surface area contributed by atoms with Crippen molar-refractivity contribution >= 4 is 34.8 Å². The summed E-state index contributed by atoms with van der Waals surface area (Å²) >= 11 is 5.92. The Morgan fingerprint density at radius 3 is 2.06 bits per heavy atom. The van der Waals surface area contributed by atoms with E-state index in [0.717, 1.165) is 29.9 Å². The highest BCUT2D eigenvalue weighted by Gasteiger charge is 2.30. The highest BCUT2D eigenvalue weighted by Crippen LogP contribution is 2.24. The van der Waals surface area contributed by atoms with Gasteiger partial charge in [0.15, 0.2) is 5.60 Å². The highest BCUT2D eigenvalue weighted by molar-refractivity contribution is 6.30. The Kier molecular flexibility index (Phi) is 7.31. The molecule has 3 aromatic rings. The fourth-order valence-electron chi connectivity index (χ4n) is 3.93. The standard InChI is InChI=1S/C28H30ClN3O3/c1-20-4-6-21(7-5-20)26(33)32-18-16-31(17-19-32)24-12-10-23(11-13-24)30-27(34)28(2,3)35-25-14-8-22(29)9-15-25/h4-15H,16-19H2,1-3H3,(H,30,34). The lowest BCUT2D eigenvalue weighted by molar-refractivity contribution is -0.128. The lowest BCUT2D eigenvalue weighted by Gasteiger charge is -2.36. The normalized spacial score (nSPS) is 13.9. The molecular formula is C28H30ClN3O3. The first-order valence-electron chi connectivity index (χ1n) is 11.7. The molecule has 0 spiro atoms. The number of hydrogen-bond acceptors (Lipinski definition) is 4. The van der Waals surface area contributed by atoms with Gasteiger partial charge in [0.25, 0.3) is 11.8 Å². The van der Waals surface area contributed by atoms with Crippen LogP contribution in [0.2, 0.25) is 5.02 Å². The molecule has 0 aromatic heterocycles. The van der Waals surface area contributed by atoms with Crippen molar-refractivity contribution in [3.63, 3.8) is 0 Å². The number of halogens is 1. The lowest BCUT2D eigenvalue weighted by atomic mass is 10.1. The molecule has 0 radical (unpaired) electrons. The number of carbonyl (C=O) groups is 2. The van der Waals surface area contributed by atoms with E-state index in [4.69, 9.17) is 16.3 Å². The van der Waals surface area contributed by atoms with Crippen molar-refractivity contribution < 1.29 is 14.3 Å². The van der Waals surface area contributed by atoms with Gasteiger partial charge < -0.3 is 19.9 Å². The zero-order valence-electron chi connectivity index (χ0n) is 20.3. The van der Waals surface area contributed by atoms with E-state index in [1.54, 1.807) is 38.1 Å². The van der Waals surface area contributed by atoms with Crippen LogP contribution in [-0.2, 0) is 4.79 Å². The Balaban J connectivity index is 1.31. The third-order valence-electron chi connectivity index (χ3n) is 6.09. The Hall–Kier alpha value is -3.51. The maximum absolute atomic E-state index is 12.8. The molecule has 0 unspecified atom stereocenters. The number of hydrogen-bond donors (Lipinski definition) is 1. The number of carbonyl (C=O) groups excluding carboxylic acids is 2. The molecule has 1 aliphatic heterocycles. The molecule has 1 fully saturated rings. The summed E-state index contributed by atoms with van der Waals surface area (Å²) < 4.78 is 5.87. The molecule has 35 heavy (non-hydrogen) atoms. The second kappa shape index (κ2) is 10.4. The SMILES string of the molecule is Cc1ccc(C(=O)N2CCN(c3ccc(NC(=O)C(C)(C)Oc4ccc(Cl)cc4)cc3)CC2)cc1. The van der Waals surface area contributed by atoms with E-state index < -0.39 is 5.60 Å². The van der Waals surface area contributed by atoms with Crippen molar-refractivity contribution in [3.05, 3.63) is 88.9 Å². The molecule has 7 heteroatoms.